The molecule has 2 nitrogen and oxygen atoms in total. The highest BCUT2D eigenvalue weighted by Gasteiger charge is 2.42. The summed E-state index contributed by atoms with van der Waals surface area (Å²) in [6.07, 6.45) is 17.0. The molecule has 3 rings (SSSR count). The second-order valence-electron chi connectivity index (χ2n) is 10.4. The van der Waals surface area contributed by atoms with E-state index >= 15 is 0 Å². The molecule has 0 aromatic heterocycles. The van der Waals surface area contributed by atoms with Crippen molar-refractivity contribution in [3.63, 3.8) is 0 Å². The van der Waals surface area contributed by atoms with Crippen LogP contribution in [0.25, 0.3) is 0 Å². The topological polar surface area (TPSA) is 29.5 Å². The van der Waals surface area contributed by atoms with Gasteiger partial charge in [-0.1, -0.05) is 52.4 Å². The van der Waals surface area contributed by atoms with Gasteiger partial charge in [0, 0.05) is 5.92 Å². The minimum Gasteiger partial charge on any atom is -0.252 e. The molecule has 0 spiro atoms. The Morgan fingerprint density at radius 1 is 0.857 bits per heavy atom. The van der Waals surface area contributed by atoms with Crippen molar-refractivity contribution in [3.8, 4) is 0 Å². The summed E-state index contributed by atoms with van der Waals surface area (Å²) in [5.74, 6) is 3.54. The minimum absolute atomic E-state index is 0.0931. The summed E-state index contributed by atoms with van der Waals surface area (Å²) in [6.45, 7) is 4.54. The van der Waals surface area contributed by atoms with Crippen molar-refractivity contribution < 1.29 is 14.5 Å². The van der Waals surface area contributed by atoms with Crippen LogP contribution in [-0.2, 0) is 4.89 Å². The van der Waals surface area contributed by atoms with Gasteiger partial charge in [-0.2, -0.15) is 0 Å². The third kappa shape index (κ3) is 5.72. The molecule has 0 aromatic carbocycles. The Balaban J connectivity index is 1.46. The van der Waals surface area contributed by atoms with E-state index in [0.717, 1.165) is 43.4 Å². The Labute approximate surface area is 172 Å². The van der Waals surface area contributed by atoms with Crippen LogP contribution in [0.4, 0.5) is 4.39 Å². The van der Waals surface area contributed by atoms with E-state index in [2.05, 4.69) is 13.8 Å². The van der Waals surface area contributed by atoms with Gasteiger partial charge in [-0.05, 0) is 87.4 Å². The zero-order chi connectivity index (χ0) is 19.9. The number of halogens is 1. The lowest BCUT2D eigenvalue weighted by atomic mass is 9.66. The van der Waals surface area contributed by atoms with Crippen molar-refractivity contribution in [2.45, 2.75) is 122 Å². The molecule has 0 heterocycles. The van der Waals surface area contributed by atoms with Crippen LogP contribution in [0.15, 0.2) is 0 Å². The maximum Gasteiger partial charge on any atom is 0.106 e. The van der Waals surface area contributed by atoms with Gasteiger partial charge in [0.25, 0.3) is 0 Å². The molecule has 4 unspecified atom stereocenters. The van der Waals surface area contributed by atoms with Crippen molar-refractivity contribution in [1.29, 1.82) is 0 Å². The van der Waals surface area contributed by atoms with Crippen molar-refractivity contribution in [2.24, 2.45) is 35.5 Å². The van der Waals surface area contributed by atoms with Crippen molar-refractivity contribution in [2.75, 3.05) is 0 Å². The Morgan fingerprint density at radius 2 is 1.46 bits per heavy atom. The molecular formula is C25H45FO2. The van der Waals surface area contributed by atoms with E-state index in [9.17, 15) is 9.65 Å². The van der Waals surface area contributed by atoms with Crippen molar-refractivity contribution in [1.82, 2.24) is 0 Å². The maximum absolute atomic E-state index is 15.0. The number of rotatable bonds is 8. The van der Waals surface area contributed by atoms with E-state index < -0.39 is 6.17 Å². The van der Waals surface area contributed by atoms with Gasteiger partial charge in [0.1, 0.15) is 12.3 Å². The second kappa shape index (κ2) is 11.3. The summed E-state index contributed by atoms with van der Waals surface area (Å²) in [7, 11) is 0. The summed E-state index contributed by atoms with van der Waals surface area (Å²) in [5.41, 5.74) is 0. The zero-order valence-electron chi connectivity index (χ0n) is 18.5. The highest BCUT2D eigenvalue weighted by molar-refractivity contribution is 4.91. The van der Waals surface area contributed by atoms with Crippen molar-refractivity contribution >= 4 is 0 Å². The summed E-state index contributed by atoms with van der Waals surface area (Å²) in [4.78, 5) is 4.99. The fraction of sp³-hybridized carbons (Fsp3) is 1.00. The van der Waals surface area contributed by atoms with Crippen LogP contribution in [0.3, 0.4) is 0 Å². The Bertz CT molecular complexity index is 426. The van der Waals surface area contributed by atoms with Gasteiger partial charge < -0.3 is 0 Å². The van der Waals surface area contributed by atoms with Gasteiger partial charge in [-0.25, -0.2) is 9.28 Å². The molecule has 0 amide bonds. The highest BCUT2D eigenvalue weighted by atomic mass is 19.1. The van der Waals surface area contributed by atoms with Gasteiger partial charge in [-0.15, -0.1) is 0 Å². The molecule has 28 heavy (non-hydrogen) atoms. The molecule has 3 fully saturated rings. The summed E-state index contributed by atoms with van der Waals surface area (Å²) >= 11 is 0. The maximum atomic E-state index is 15.0. The fourth-order valence-electron chi connectivity index (χ4n) is 6.87. The molecule has 0 aliphatic heterocycles. The standard InChI is InChI=1S/C25H45FO2/c1-3-5-6-19-9-16-23(24(26)17-19)25(28-27)22-14-12-21(13-15-22)20-10-7-18(4-2)8-11-20/h18-25,27H,3-17H2,1-2H3. The van der Waals surface area contributed by atoms with Crippen LogP contribution in [0.1, 0.15) is 110 Å². The normalized spacial score (nSPS) is 40.9. The van der Waals surface area contributed by atoms with Crippen LogP contribution in [0.2, 0.25) is 0 Å². The largest absolute Gasteiger partial charge is 0.252 e. The number of unbranched alkanes of at least 4 members (excludes halogenated alkanes) is 1. The third-order valence-electron chi connectivity index (χ3n) is 8.86. The first-order valence-corrected chi connectivity index (χ1v) is 12.6. The second-order valence-corrected chi connectivity index (χ2v) is 10.4. The van der Waals surface area contributed by atoms with E-state index in [0.29, 0.717) is 18.3 Å². The first-order valence-electron chi connectivity index (χ1n) is 12.6. The van der Waals surface area contributed by atoms with E-state index in [4.69, 9.17) is 4.89 Å². The number of hydrogen-bond donors (Lipinski definition) is 1. The van der Waals surface area contributed by atoms with E-state index in [1.807, 2.05) is 0 Å². The van der Waals surface area contributed by atoms with Crippen LogP contribution in [0, 0.1) is 35.5 Å². The first-order chi connectivity index (χ1) is 13.7. The monoisotopic (exact) mass is 396 g/mol. The molecule has 3 aliphatic carbocycles. The average Bonchev–Trinajstić information content (AvgIpc) is 2.74. The van der Waals surface area contributed by atoms with Crippen LogP contribution in [0.5, 0.6) is 0 Å². The Hall–Kier alpha value is -0.150. The van der Waals surface area contributed by atoms with Gasteiger partial charge in [-0.3, -0.25) is 5.26 Å². The smallest absolute Gasteiger partial charge is 0.106 e. The summed E-state index contributed by atoms with van der Waals surface area (Å²) < 4.78 is 15.0. The third-order valence-corrected chi connectivity index (χ3v) is 8.86. The van der Waals surface area contributed by atoms with Crippen LogP contribution < -0.4 is 0 Å². The fourth-order valence-corrected chi connectivity index (χ4v) is 6.87. The average molecular weight is 397 g/mol. The summed E-state index contributed by atoms with van der Waals surface area (Å²) in [5, 5.41) is 9.66. The van der Waals surface area contributed by atoms with Gasteiger partial charge in [0.05, 0.1) is 0 Å². The zero-order valence-corrected chi connectivity index (χ0v) is 18.5. The number of hydrogen-bond acceptors (Lipinski definition) is 2. The molecule has 0 bridgehead atoms. The predicted octanol–water partition coefficient (Wildman–Crippen LogP) is 7.81. The van der Waals surface area contributed by atoms with Crippen molar-refractivity contribution in [3.05, 3.63) is 0 Å². The van der Waals surface area contributed by atoms with Gasteiger partial charge >= 0.3 is 0 Å². The van der Waals surface area contributed by atoms with E-state index in [1.54, 1.807) is 0 Å². The molecule has 3 saturated carbocycles. The molecule has 164 valence electrons. The lowest BCUT2D eigenvalue weighted by Crippen LogP contribution is -2.42. The molecule has 3 aliphatic rings. The molecule has 4 atom stereocenters. The summed E-state index contributed by atoms with van der Waals surface area (Å²) in [6, 6.07) is 0. The minimum atomic E-state index is -0.796. The highest BCUT2D eigenvalue weighted by Crippen LogP contribution is 2.45. The Morgan fingerprint density at radius 3 is 2.00 bits per heavy atom. The van der Waals surface area contributed by atoms with E-state index in [1.165, 1.54) is 64.2 Å². The lowest BCUT2D eigenvalue weighted by molar-refractivity contribution is -0.311. The quantitative estimate of drug-likeness (QED) is 0.335. The molecule has 0 radical (unpaired) electrons. The predicted molar refractivity (Wildman–Crippen MR) is 114 cm³/mol. The van der Waals surface area contributed by atoms with Gasteiger partial charge in [0.2, 0.25) is 0 Å². The number of alkyl halides is 1. The van der Waals surface area contributed by atoms with Gasteiger partial charge in [0.15, 0.2) is 0 Å². The molecule has 0 saturated heterocycles. The van der Waals surface area contributed by atoms with Crippen LogP contribution in [-0.4, -0.2) is 17.5 Å². The molecular weight excluding hydrogens is 351 g/mol. The van der Waals surface area contributed by atoms with E-state index in [-0.39, 0.29) is 12.0 Å². The molecule has 0 aromatic rings. The molecule has 3 heteroatoms. The first kappa shape index (κ1) is 22.5. The SMILES string of the molecule is CCCCC1CCC(C(OO)C2CCC(C3CCC(CC)CC3)CC2)C(F)C1. The Kier molecular flexibility index (Phi) is 9.09. The lowest BCUT2D eigenvalue weighted by Gasteiger charge is -2.42. The molecule has 1 N–H and O–H groups in total. The van der Waals surface area contributed by atoms with Crippen LogP contribution >= 0.6 is 0 Å².